The first-order chi connectivity index (χ1) is 27.6. The van der Waals surface area contributed by atoms with Gasteiger partial charge in [0.1, 0.15) is 0 Å². The molecule has 0 saturated carbocycles. The second-order valence-electron chi connectivity index (χ2n) is 21.4. The van der Waals surface area contributed by atoms with E-state index >= 15 is 0 Å². The van der Waals surface area contributed by atoms with Gasteiger partial charge in [0.15, 0.2) is 0 Å². The molecule has 0 radical (unpaired) electrons. The van der Waals surface area contributed by atoms with Gasteiger partial charge >= 0.3 is 0 Å². The molecule has 0 amide bonds. The van der Waals surface area contributed by atoms with E-state index in [2.05, 4.69) is 203 Å². The minimum atomic E-state index is 0.143. The van der Waals surface area contributed by atoms with Gasteiger partial charge in [-0.15, -0.1) is 0 Å². The molecular formula is C58H64. The maximum absolute atomic E-state index is 2.57. The Balaban J connectivity index is 1.23. The summed E-state index contributed by atoms with van der Waals surface area (Å²) < 4.78 is 0. The topological polar surface area (TPSA) is 0 Å². The van der Waals surface area contributed by atoms with Crippen LogP contribution in [0.25, 0.3) is 38.8 Å². The van der Waals surface area contributed by atoms with Crippen molar-refractivity contribution < 1.29 is 0 Å². The lowest BCUT2D eigenvalue weighted by molar-refractivity contribution is 0.306. The van der Waals surface area contributed by atoms with Gasteiger partial charge in [-0.25, -0.2) is 0 Å². The average molecular weight is 761 g/mol. The number of hydrogen-bond acceptors (Lipinski definition) is 0. The summed E-state index contributed by atoms with van der Waals surface area (Å²) >= 11 is 0. The van der Waals surface area contributed by atoms with Gasteiger partial charge in [-0.2, -0.15) is 0 Å². The molecule has 0 bridgehead atoms. The summed E-state index contributed by atoms with van der Waals surface area (Å²) in [4.78, 5) is 0. The van der Waals surface area contributed by atoms with Crippen molar-refractivity contribution in [3.8, 4) is 0 Å². The van der Waals surface area contributed by atoms with E-state index in [0.29, 0.717) is 29.6 Å². The molecule has 0 heterocycles. The van der Waals surface area contributed by atoms with E-state index in [1.165, 1.54) is 70.6 Å². The molecule has 0 saturated heterocycles. The third kappa shape index (κ3) is 6.79. The third-order valence-electron chi connectivity index (χ3n) is 14.6. The second kappa shape index (κ2) is 14.3. The second-order valence-corrected chi connectivity index (χ2v) is 21.4. The number of allylic oxidation sites excluding steroid dienone is 8. The van der Waals surface area contributed by atoms with E-state index in [-0.39, 0.29) is 22.2 Å². The van der Waals surface area contributed by atoms with Crippen LogP contribution in [0.15, 0.2) is 133 Å². The predicted octanol–water partition coefficient (Wildman–Crippen LogP) is 12.8. The molecule has 5 aromatic carbocycles. The summed E-state index contributed by atoms with van der Waals surface area (Å²) in [5, 5.41) is 9.94. The smallest absolute Gasteiger partial charge is 0.0134 e. The average Bonchev–Trinajstić information content (AvgIpc) is 3.20. The Bertz CT molecular complexity index is 2720. The van der Waals surface area contributed by atoms with Gasteiger partial charge in [0, 0.05) is 11.8 Å². The quantitative estimate of drug-likeness (QED) is 0.162. The minimum Gasteiger partial charge on any atom is -0.0805 e. The zero-order valence-corrected chi connectivity index (χ0v) is 36.8. The van der Waals surface area contributed by atoms with Crippen molar-refractivity contribution in [1.29, 1.82) is 0 Å². The first-order valence-electron chi connectivity index (χ1n) is 22.2. The number of rotatable bonds is 6. The molecular weight excluding hydrogens is 697 g/mol. The summed E-state index contributed by atoms with van der Waals surface area (Å²) in [5.74, 6) is 2.39. The van der Waals surface area contributed by atoms with Crippen LogP contribution in [0.5, 0.6) is 0 Å². The van der Waals surface area contributed by atoms with E-state index in [0.717, 1.165) is 19.3 Å². The monoisotopic (exact) mass is 761 g/mol. The third-order valence-corrected chi connectivity index (χ3v) is 14.6. The Morgan fingerprint density at radius 1 is 0.672 bits per heavy atom. The lowest BCUT2D eigenvalue weighted by atomic mass is 9.63. The number of fused-ring (bicyclic) bond motifs is 2. The Kier molecular flexibility index (Phi) is 9.54. The molecule has 0 aliphatic heterocycles. The van der Waals surface area contributed by atoms with Crippen molar-refractivity contribution >= 4 is 38.8 Å². The molecule has 9 rings (SSSR count). The highest BCUT2D eigenvalue weighted by Gasteiger charge is 2.38. The first-order valence-corrected chi connectivity index (χ1v) is 22.2. The van der Waals surface area contributed by atoms with Gasteiger partial charge in [0.2, 0.25) is 0 Å². The van der Waals surface area contributed by atoms with Gasteiger partial charge < -0.3 is 0 Å². The molecule has 0 nitrogen and oxygen atoms in total. The van der Waals surface area contributed by atoms with Crippen LogP contribution in [-0.2, 0) is 18.3 Å². The first kappa shape index (κ1) is 38.8. The van der Waals surface area contributed by atoms with Gasteiger partial charge in [0.25, 0.3) is 0 Å². The Morgan fingerprint density at radius 2 is 1.38 bits per heavy atom. The highest BCUT2D eigenvalue weighted by Crippen LogP contribution is 2.47. The summed E-state index contributed by atoms with van der Waals surface area (Å²) in [6.07, 6.45) is 23.1. The Morgan fingerprint density at radius 3 is 2.05 bits per heavy atom. The van der Waals surface area contributed by atoms with E-state index in [1.807, 2.05) is 0 Å². The molecule has 6 atom stereocenters. The molecule has 4 aliphatic carbocycles. The summed E-state index contributed by atoms with van der Waals surface area (Å²) in [5.41, 5.74) is 10.8. The van der Waals surface area contributed by atoms with Crippen LogP contribution in [-0.4, -0.2) is 0 Å². The summed E-state index contributed by atoms with van der Waals surface area (Å²) in [7, 11) is 0. The molecule has 5 aromatic rings. The molecule has 0 aromatic heterocycles. The van der Waals surface area contributed by atoms with E-state index in [1.54, 1.807) is 5.57 Å². The van der Waals surface area contributed by atoms with Crippen molar-refractivity contribution in [3.63, 3.8) is 0 Å². The highest BCUT2D eigenvalue weighted by molar-refractivity contribution is 6.15. The molecule has 0 heteroatoms. The molecule has 58 heavy (non-hydrogen) atoms. The number of benzene rings is 5. The van der Waals surface area contributed by atoms with Crippen molar-refractivity contribution in [1.82, 2.24) is 0 Å². The van der Waals surface area contributed by atoms with Gasteiger partial charge in [-0.3, -0.25) is 0 Å². The van der Waals surface area contributed by atoms with Gasteiger partial charge in [-0.05, 0) is 130 Å². The van der Waals surface area contributed by atoms with Gasteiger partial charge in [-0.1, -0.05) is 208 Å². The molecule has 6 unspecified atom stereocenters. The molecule has 0 N–H and O–H groups in total. The molecule has 0 fully saturated rings. The fourth-order valence-corrected chi connectivity index (χ4v) is 11.1. The maximum Gasteiger partial charge on any atom is 0.0134 e. The van der Waals surface area contributed by atoms with E-state index in [4.69, 9.17) is 0 Å². The van der Waals surface area contributed by atoms with E-state index < -0.39 is 0 Å². The zero-order valence-electron chi connectivity index (χ0n) is 36.8. The SMILES string of the molecule is CC(C1=c2ccccc2=C(c2ccc3ccc4c5c(ccc2c35)CC(C(C)(C)C)C=4)C2C=CC=CC12)C(Cc1ccc(C(C)(C)C)cc1)C1C=CC(C(C)(C)C)=CC1. The molecule has 0 spiro atoms. The van der Waals surface area contributed by atoms with Crippen LogP contribution in [0, 0.1) is 46.3 Å². The Labute approximate surface area is 348 Å². The van der Waals surface area contributed by atoms with Gasteiger partial charge in [0.05, 0.1) is 0 Å². The molecule has 4 aliphatic rings. The normalized spacial score (nSPS) is 22.8. The van der Waals surface area contributed by atoms with Crippen LogP contribution in [0.2, 0.25) is 0 Å². The Hall–Kier alpha value is -4.68. The van der Waals surface area contributed by atoms with Crippen LogP contribution in [0.3, 0.4) is 0 Å². The lowest BCUT2D eigenvalue weighted by Crippen LogP contribution is -2.43. The zero-order chi connectivity index (χ0) is 40.7. The van der Waals surface area contributed by atoms with E-state index in [9.17, 15) is 0 Å². The minimum absolute atomic E-state index is 0.143. The van der Waals surface area contributed by atoms with Crippen molar-refractivity contribution in [3.05, 3.63) is 171 Å². The highest BCUT2D eigenvalue weighted by atomic mass is 14.4. The molecule has 296 valence electrons. The largest absolute Gasteiger partial charge is 0.0805 e. The fraction of sp³-hybridized carbons (Fsp3) is 0.379. The summed E-state index contributed by atoms with van der Waals surface area (Å²) in [6, 6.07) is 33.6. The predicted molar refractivity (Wildman–Crippen MR) is 251 cm³/mol. The van der Waals surface area contributed by atoms with Crippen molar-refractivity contribution in [2.75, 3.05) is 0 Å². The standard InChI is InChI=1S/C58H64/c1-36(51(38-23-29-43(30-24-38)57(5,6)7)33-37-19-27-42(28-20-37)56(2,3)4)52-45-15-11-13-17-47(45)55(48-18-14-12-16-46(48)52)50-31-25-39-21-22-40-34-44(58(8,9)10)35-41-26-32-49(50)54(39)53(40)41/h11-23,25-32,34,36,38,44-45,47,51H,24,33,35H2,1-10H3. The van der Waals surface area contributed by atoms with Crippen molar-refractivity contribution in [2.24, 2.45) is 46.3 Å². The van der Waals surface area contributed by atoms with Crippen LogP contribution < -0.4 is 15.7 Å². The van der Waals surface area contributed by atoms with Crippen LogP contribution >= 0.6 is 0 Å². The lowest BCUT2D eigenvalue weighted by Gasteiger charge is -2.40. The summed E-state index contributed by atoms with van der Waals surface area (Å²) in [6.45, 7) is 23.7. The van der Waals surface area contributed by atoms with Crippen LogP contribution in [0.1, 0.15) is 97.9 Å². The van der Waals surface area contributed by atoms with Crippen molar-refractivity contribution in [2.45, 2.75) is 93.9 Å². The number of hydrogen-bond donors (Lipinski definition) is 0. The fourth-order valence-electron chi connectivity index (χ4n) is 11.1. The maximum atomic E-state index is 2.57. The van der Waals surface area contributed by atoms with Crippen LogP contribution in [0.4, 0.5) is 0 Å².